The molecule has 0 saturated heterocycles. The summed E-state index contributed by atoms with van der Waals surface area (Å²) < 4.78 is 20.8. The van der Waals surface area contributed by atoms with Crippen LogP contribution in [0.5, 0.6) is 17.2 Å². The first-order valence-corrected chi connectivity index (χ1v) is 7.42. The fourth-order valence-electron chi connectivity index (χ4n) is 2.28. The van der Waals surface area contributed by atoms with Crippen LogP contribution in [0.15, 0.2) is 28.9 Å². The second-order valence-electron chi connectivity index (χ2n) is 5.10. The molecule has 1 aromatic carbocycles. The van der Waals surface area contributed by atoms with Gasteiger partial charge in [-0.15, -0.1) is 0 Å². The normalized spacial score (nSPS) is 10.1. The van der Waals surface area contributed by atoms with Crippen molar-refractivity contribution in [2.24, 2.45) is 0 Å². The molecular formula is C17H20N2O6. The highest BCUT2D eigenvalue weighted by Crippen LogP contribution is 2.38. The number of hydrogen-bond donors (Lipinski definition) is 2. The number of benzene rings is 1. The van der Waals surface area contributed by atoms with Crippen molar-refractivity contribution in [3.05, 3.63) is 41.3 Å². The van der Waals surface area contributed by atoms with E-state index in [-0.39, 0.29) is 6.42 Å². The standard InChI is InChI=1S/C17H20N2O6/c1-10-12(5-6-25-10)17(21)19-18-15(20)9-11-7-13(22-2)16(24-4)14(8-11)23-3/h5-8H,9H2,1-4H3,(H,18,20)(H,19,21). The van der Waals surface area contributed by atoms with Gasteiger partial charge in [-0.05, 0) is 30.7 Å². The second kappa shape index (κ2) is 8.09. The number of carbonyl (C=O) groups is 2. The number of rotatable bonds is 6. The van der Waals surface area contributed by atoms with Gasteiger partial charge in [0.25, 0.3) is 5.91 Å². The molecule has 0 bridgehead atoms. The average molecular weight is 348 g/mol. The van der Waals surface area contributed by atoms with E-state index < -0.39 is 11.8 Å². The highest BCUT2D eigenvalue weighted by atomic mass is 16.5. The molecular weight excluding hydrogens is 328 g/mol. The zero-order valence-electron chi connectivity index (χ0n) is 14.5. The van der Waals surface area contributed by atoms with Crippen molar-refractivity contribution in [1.82, 2.24) is 10.9 Å². The Balaban J connectivity index is 2.03. The Morgan fingerprint density at radius 1 is 1.04 bits per heavy atom. The Bertz CT molecular complexity index is 743. The first-order chi connectivity index (χ1) is 12.0. The minimum absolute atomic E-state index is 0.0152. The Morgan fingerprint density at radius 3 is 2.16 bits per heavy atom. The van der Waals surface area contributed by atoms with Gasteiger partial charge in [-0.3, -0.25) is 20.4 Å². The zero-order valence-corrected chi connectivity index (χ0v) is 14.5. The van der Waals surface area contributed by atoms with Gasteiger partial charge in [-0.25, -0.2) is 0 Å². The molecule has 0 radical (unpaired) electrons. The van der Waals surface area contributed by atoms with Gasteiger partial charge >= 0.3 is 0 Å². The van der Waals surface area contributed by atoms with Gasteiger partial charge in [0.05, 0.1) is 39.6 Å². The molecule has 8 nitrogen and oxygen atoms in total. The van der Waals surface area contributed by atoms with Gasteiger partial charge in [0, 0.05) is 0 Å². The van der Waals surface area contributed by atoms with Crippen molar-refractivity contribution in [3.63, 3.8) is 0 Å². The topological polar surface area (TPSA) is 99.0 Å². The largest absolute Gasteiger partial charge is 0.493 e. The Morgan fingerprint density at radius 2 is 1.68 bits per heavy atom. The molecule has 8 heteroatoms. The minimum Gasteiger partial charge on any atom is -0.493 e. The maximum absolute atomic E-state index is 12.1. The summed E-state index contributed by atoms with van der Waals surface area (Å²) in [5.74, 6) is 0.952. The molecule has 2 aromatic rings. The van der Waals surface area contributed by atoms with E-state index in [1.54, 1.807) is 19.1 Å². The highest BCUT2D eigenvalue weighted by Gasteiger charge is 2.16. The molecule has 2 N–H and O–H groups in total. The quantitative estimate of drug-likeness (QED) is 0.770. The minimum atomic E-state index is -0.454. The maximum atomic E-state index is 12.1. The molecule has 0 saturated carbocycles. The molecule has 25 heavy (non-hydrogen) atoms. The predicted molar refractivity (Wildman–Crippen MR) is 88.9 cm³/mol. The van der Waals surface area contributed by atoms with E-state index in [1.807, 2.05) is 0 Å². The van der Waals surface area contributed by atoms with Crippen LogP contribution in [0.2, 0.25) is 0 Å². The van der Waals surface area contributed by atoms with Gasteiger partial charge in [0.2, 0.25) is 11.7 Å². The Kier molecular flexibility index (Phi) is 5.89. The van der Waals surface area contributed by atoms with E-state index in [4.69, 9.17) is 18.6 Å². The van der Waals surface area contributed by atoms with Crippen LogP contribution in [0.1, 0.15) is 21.7 Å². The number of hydrazine groups is 1. The third kappa shape index (κ3) is 4.23. The van der Waals surface area contributed by atoms with Crippen LogP contribution in [0, 0.1) is 6.92 Å². The van der Waals surface area contributed by atoms with Gasteiger partial charge < -0.3 is 18.6 Å². The number of ether oxygens (including phenoxy) is 3. The third-order valence-electron chi connectivity index (χ3n) is 3.51. The van der Waals surface area contributed by atoms with E-state index >= 15 is 0 Å². The fraction of sp³-hybridized carbons (Fsp3) is 0.294. The number of aryl methyl sites for hydroxylation is 1. The van der Waals surface area contributed by atoms with Gasteiger partial charge in [-0.2, -0.15) is 0 Å². The molecule has 1 aromatic heterocycles. The highest BCUT2D eigenvalue weighted by molar-refractivity contribution is 5.96. The lowest BCUT2D eigenvalue weighted by molar-refractivity contribution is -0.121. The molecule has 134 valence electrons. The number of hydrogen-bond acceptors (Lipinski definition) is 6. The van der Waals surface area contributed by atoms with Crippen molar-refractivity contribution < 1.29 is 28.2 Å². The van der Waals surface area contributed by atoms with E-state index in [9.17, 15) is 9.59 Å². The van der Waals surface area contributed by atoms with Crippen LogP contribution in [0.3, 0.4) is 0 Å². The van der Waals surface area contributed by atoms with Crippen LogP contribution in [0.4, 0.5) is 0 Å². The molecule has 0 spiro atoms. The van der Waals surface area contributed by atoms with E-state index in [0.717, 1.165) is 0 Å². The summed E-state index contributed by atoms with van der Waals surface area (Å²) in [6, 6.07) is 4.86. The predicted octanol–water partition coefficient (Wildman–Crippen LogP) is 1.62. The summed E-state index contributed by atoms with van der Waals surface area (Å²) in [6.45, 7) is 1.66. The number of amides is 2. The first-order valence-electron chi connectivity index (χ1n) is 7.42. The molecule has 2 amide bonds. The molecule has 0 aliphatic heterocycles. The van der Waals surface area contributed by atoms with E-state index in [0.29, 0.717) is 34.1 Å². The van der Waals surface area contributed by atoms with Crippen LogP contribution < -0.4 is 25.1 Å². The molecule has 2 rings (SSSR count). The molecule has 0 aliphatic rings. The zero-order chi connectivity index (χ0) is 18.4. The van der Waals surface area contributed by atoms with Crippen LogP contribution in [-0.2, 0) is 11.2 Å². The van der Waals surface area contributed by atoms with Crippen molar-refractivity contribution in [2.45, 2.75) is 13.3 Å². The molecule has 1 heterocycles. The van der Waals surface area contributed by atoms with Gasteiger partial charge in [0.1, 0.15) is 5.76 Å². The van der Waals surface area contributed by atoms with E-state index in [2.05, 4.69) is 10.9 Å². The Hall–Kier alpha value is -3.16. The number of nitrogens with one attached hydrogen (secondary N) is 2. The lowest BCUT2D eigenvalue weighted by atomic mass is 10.1. The molecule has 0 fully saturated rings. The summed E-state index contributed by atoms with van der Waals surface area (Å²) in [7, 11) is 4.49. The number of carbonyl (C=O) groups excluding carboxylic acids is 2. The molecule has 0 atom stereocenters. The van der Waals surface area contributed by atoms with Crippen molar-refractivity contribution >= 4 is 11.8 Å². The SMILES string of the molecule is COc1cc(CC(=O)NNC(=O)c2ccoc2C)cc(OC)c1OC. The summed E-state index contributed by atoms with van der Waals surface area (Å²) in [5, 5.41) is 0. The summed E-state index contributed by atoms with van der Waals surface area (Å²) >= 11 is 0. The summed E-state index contributed by atoms with van der Waals surface area (Å²) in [5.41, 5.74) is 5.69. The summed E-state index contributed by atoms with van der Waals surface area (Å²) in [4.78, 5) is 24.0. The first kappa shape index (κ1) is 18.2. The Labute approximate surface area is 145 Å². The number of methoxy groups -OCH3 is 3. The van der Waals surface area contributed by atoms with Crippen LogP contribution >= 0.6 is 0 Å². The number of furan rings is 1. The molecule has 0 unspecified atom stereocenters. The monoisotopic (exact) mass is 348 g/mol. The third-order valence-corrected chi connectivity index (χ3v) is 3.51. The van der Waals surface area contributed by atoms with Crippen molar-refractivity contribution in [2.75, 3.05) is 21.3 Å². The smallest absolute Gasteiger partial charge is 0.273 e. The maximum Gasteiger partial charge on any atom is 0.273 e. The van der Waals surface area contributed by atoms with Crippen LogP contribution in [-0.4, -0.2) is 33.1 Å². The summed E-state index contributed by atoms with van der Waals surface area (Å²) in [6.07, 6.45) is 1.42. The van der Waals surface area contributed by atoms with Gasteiger partial charge in [-0.1, -0.05) is 0 Å². The van der Waals surface area contributed by atoms with E-state index in [1.165, 1.54) is 33.7 Å². The average Bonchev–Trinajstić information content (AvgIpc) is 3.04. The van der Waals surface area contributed by atoms with Crippen LogP contribution in [0.25, 0.3) is 0 Å². The fourth-order valence-corrected chi connectivity index (χ4v) is 2.28. The van der Waals surface area contributed by atoms with Crippen molar-refractivity contribution in [1.29, 1.82) is 0 Å². The lowest BCUT2D eigenvalue weighted by Gasteiger charge is -2.14. The lowest BCUT2D eigenvalue weighted by Crippen LogP contribution is -2.42. The van der Waals surface area contributed by atoms with Gasteiger partial charge in [0.15, 0.2) is 11.5 Å². The van der Waals surface area contributed by atoms with Crippen molar-refractivity contribution in [3.8, 4) is 17.2 Å². The molecule has 0 aliphatic carbocycles. The second-order valence-corrected chi connectivity index (χ2v) is 5.10.